The Hall–Kier alpha value is -2.47. The fraction of sp³-hybridized carbons (Fsp3) is 0.211. The Labute approximate surface area is 155 Å². The maximum absolute atomic E-state index is 12.1. The molecule has 6 heteroatoms. The summed E-state index contributed by atoms with van der Waals surface area (Å²) < 4.78 is 0.912. The van der Waals surface area contributed by atoms with E-state index in [0.29, 0.717) is 5.71 Å². The Morgan fingerprint density at radius 3 is 2.72 bits per heavy atom. The highest BCUT2D eigenvalue weighted by Gasteiger charge is 2.30. The number of hydrogen-bond donors (Lipinski definition) is 2. The predicted molar refractivity (Wildman–Crippen MR) is 105 cm³/mol. The highest BCUT2D eigenvalue weighted by Crippen LogP contribution is 2.27. The van der Waals surface area contributed by atoms with Crippen LogP contribution in [0.25, 0.3) is 0 Å². The van der Waals surface area contributed by atoms with E-state index in [-0.39, 0.29) is 11.3 Å². The van der Waals surface area contributed by atoms with Gasteiger partial charge in [-0.25, -0.2) is 0 Å². The molecular formula is C19H19BrN4O. The lowest BCUT2D eigenvalue weighted by atomic mass is 9.85. The van der Waals surface area contributed by atoms with Crippen LogP contribution >= 0.6 is 15.9 Å². The number of rotatable bonds is 4. The van der Waals surface area contributed by atoms with Gasteiger partial charge in [-0.1, -0.05) is 46.3 Å². The number of nitrogens with one attached hydrogen (secondary N) is 1. The van der Waals surface area contributed by atoms with Crippen molar-refractivity contribution in [3.8, 4) is 0 Å². The third kappa shape index (κ3) is 3.96. The minimum Gasteiger partial charge on any atom is -0.364 e. The Balaban J connectivity index is 2.03. The number of amides is 1. The number of primary amides is 1. The van der Waals surface area contributed by atoms with Crippen molar-refractivity contribution in [1.82, 2.24) is 0 Å². The zero-order valence-electron chi connectivity index (χ0n) is 14.1. The first-order valence-corrected chi connectivity index (χ1v) is 8.73. The molecule has 0 saturated heterocycles. The van der Waals surface area contributed by atoms with Crippen molar-refractivity contribution in [3.05, 3.63) is 64.1 Å². The molecule has 2 aromatic carbocycles. The van der Waals surface area contributed by atoms with Gasteiger partial charge in [0.15, 0.2) is 5.71 Å². The van der Waals surface area contributed by atoms with Crippen molar-refractivity contribution in [3.63, 3.8) is 0 Å². The van der Waals surface area contributed by atoms with Gasteiger partial charge in [0.05, 0.1) is 16.9 Å². The molecule has 0 fully saturated rings. The molecule has 0 saturated carbocycles. The van der Waals surface area contributed by atoms with Gasteiger partial charge in [0.2, 0.25) is 0 Å². The average Bonchev–Trinajstić information content (AvgIpc) is 2.53. The second kappa shape index (κ2) is 6.80. The molecule has 0 unspecified atom stereocenters. The minimum absolute atomic E-state index is 0.125. The number of anilines is 1. The summed E-state index contributed by atoms with van der Waals surface area (Å²) in [5, 5.41) is 4.26. The van der Waals surface area contributed by atoms with Gasteiger partial charge < -0.3 is 5.73 Å². The van der Waals surface area contributed by atoms with Crippen molar-refractivity contribution in [2.45, 2.75) is 25.8 Å². The summed E-state index contributed by atoms with van der Waals surface area (Å²) >= 11 is 3.41. The number of carbonyl (C=O) groups is 1. The molecule has 3 N–H and O–H groups in total. The largest absolute Gasteiger partial charge is 0.364 e. The second-order valence-electron chi connectivity index (χ2n) is 6.55. The second-order valence-corrected chi connectivity index (χ2v) is 7.47. The molecule has 128 valence electrons. The molecule has 1 heterocycles. The van der Waals surface area contributed by atoms with Crippen LogP contribution in [0.15, 0.2) is 63.1 Å². The maximum atomic E-state index is 12.1. The molecule has 1 aliphatic rings. The highest BCUT2D eigenvalue weighted by atomic mass is 79.9. The number of hydrazone groups is 1. The van der Waals surface area contributed by atoms with Gasteiger partial charge in [-0.3, -0.25) is 15.2 Å². The lowest BCUT2D eigenvalue weighted by molar-refractivity contribution is -0.111. The predicted octanol–water partition coefficient (Wildman–Crippen LogP) is 3.53. The van der Waals surface area contributed by atoms with Gasteiger partial charge in [0.25, 0.3) is 5.91 Å². The smallest absolute Gasteiger partial charge is 0.271 e. The molecule has 0 spiro atoms. The average molecular weight is 399 g/mol. The number of benzene rings is 2. The van der Waals surface area contributed by atoms with Crippen LogP contribution in [0, 0.1) is 0 Å². The van der Waals surface area contributed by atoms with E-state index in [2.05, 4.69) is 26.5 Å². The van der Waals surface area contributed by atoms with Crippen LogP contribution in [0.3, 0.4) is 0 Å². The molecule has 1 amide bonds. The van der Waals surface area contributed by atoms with E-state index in [4.69, 9.17) is 10.7 Å². The first-order chi connectivity index (χ1) is 11.9. The van der Waals surface area contributed by atoms with Crippen LogP contribution in [0.2, 0.25) is 0 Å². The van der Waals surface area contributed by atoms with E-state index < -0.39 is 5.91 Å². The Bertz CT molecular complexity index is 886. The summed E-state index contributed by atoms with van der Waals surface area (Å²) in [4.78, 5) is 16.8. The molecule has 0 atom stereocenters. The standard InChI is InChI=1S/C19H19BrN4O/c1-19(2)11-12-6-3-4-9-15(12)16(22-19)17(18(21)25)24-23-14-8-5-7-13(20)10-14/h3-10,23H,11H2,1-2H3,(H2,21,25)/b24-17-. The third-order valence-corrected chi connectivity index (χ3v) is 4.38. The van der Waals surface area contributed by atoms with Crippen LogP contribution in [-0.2, 0) is 11.2 Å². The van der Waals surface area contributed by atoms with E-state index in [1.807, 2.05) is 62.4 Å². The van der Waals surface area contributed by atoms with Gasteiger partial charge >= 0.3 is 0 Å². The molecule has 0 radical (unpaired) electrons. The maximum Gasteiger partial charge on any atom is 0.271 e. The van der Waals surface area contributed by atoms with E-state index in [1.54, 1.807) is 0 Å². The summed E-state index contributed by atoms with van der Waals surface area (Å²) in [5.74, 6) is -0.617. The number of hydrogen-bond acceptors (Lipinski definition) is 4. The summed E-state index contributed by atoms with van der Waals surface area (Å²) in [6, 6.07) is 15.4. The van der Waals surface area contributed by atoms with Crippen LogP contribution in [-0.4, -0.2) is 22.9 Å². The quantitative estimate of drug-likeness (QED) is 0.610. The number of fused-ring (bicyclic) bond motifs is 1. The molecule has 0 bridgehead atoms. The highest BCUT2D eigenvalue weighted by molar-refractivity contribution is 9.10. The van der Waals surface area contributed by atoms with Gasteiger partial charge in [0.1, 0.15) is 0 Å². The molecular weight excluding hydrogens is 380 g/mol. The first kappa shape index (κ1) is 17.4. The van der Waals surface area contributed by atoms with Crippen molar-refractivity contribution in [2.24, 2.45) is 15.8 Å². The van der Waals surface area contributed by atoms with Crippen LogP contribution in [0.1, 0.15) is 25.0 Å². The van der Waals surface area contributed by atoms with Gasteiger partial charge in [-0.2, -0.15) is 5.10 Å². The van der Waals surface area contributed by atoms with E-state index in [0.717, 1.165) is 27.7 Å². The van der Waals surface area contributed by atoms with Gasteiger partial charge in [-0.05, 0) is 44.0 Å². The van der Waals surface area contributed by atoms with Crippen LogP contribution in [0.5, 0.6) is 0 Å². The summed E-state index contributed by atoms with van der Waals surface area (Å²) in [5.41, 5.74) is 11.6. The number of halogens is 1. The summed E-state index contributed by atoms with van der Waals surface area (Å²) in [6.45, 7) is 4.06. The third-order valence-electron chi connectivity index (χ3n) is 3.89. The van der Waals surface area contributed by atoms with Crippen molar-refractivity contribution in [2.75, 3.05) is 5.43 Å². The molecule has 25 heavy (non-hydrogen) atoms. The fourth-order valence-corrected chi connectivity index (χ4v) is 3.26. The normalized spacial score (nSPS) is 16.0. The van der Waals surface area contributed by atoms with E-state index >= 15 is 0 Å². The fourth-order valence-electron chi connectivity index (χ4n) is 2.86. The lowest BCUT2D eigenvalue weighted by Crippen LogP contribution is -2.38. The Morgan fingerprint density at radius 1 is 1.24 bits per heavy atom. The first-order valence-electron chi connectivity index (χ1n) is 7.93. The Kier molecular flexibility index (Phi) is 4.72. The number of nitrogens with two attached hydrogens (primary N) is 1. The SMILES string of the molecule is CC1(C)Cc2ccccc2C(/C(=N/Nc2cccc(Br)c2)C(N)=O)=N1. The zero-order chi connectivity index (χ0) is 18.0. The van der Waals surface area contributed by atoms with Crippen molar-refractivity contribution >= 4 is 38.9 Å². The molecule has 2 aromatic rings. The van der Waals surface area contributed by atoms with Gasteiger partial charge in [0, 0.05) is 10.0 Å². The molecule has 0 aliphatic carbocycles. The topological polar surface area (TPSA) is 79.8 Å². The molecule has 0 aromatic heterocycles. The summed E-state index contributed by atoms with van der Waals surface area (Å²) in [7, 11) is 0. The lowest BCUT2D eigenvalue weighted by Gasteiger charge is -2.28. The zero-order valence-corrected chi connectivity index (χ0v) is 15.7. The number of aliphatic imine (C=N–C) groups is 1. The molecule has 3 rings (SSSR count). The Morgan fingerprint density at radius 2 is 2.00 bits per heavy atom. The van der Waals surface area contributed by atoms with Crippen LogP contribution < -0.4 is 11.2 Å². The summed E-state index contributed by atoms with van der Waals surface area (Å²) in [6.07, 6.45) is 0.803. The van der Waals surface area contributed by atoms with Gasteiger partial charge in [-0.15, -0.1) is 0 Å². The minimum atomic E-state index is -0.617. The van der Waals surface area contributed by atoms with Crippen molar-refractivity contribution in [1.29, 1.82) is 0 Å². The van der Waals surface area contributed by atoms with Crippen LogP contribution in [0.4, 0.5) is 5.69 Å². The molecule has 1 aliphatic heterocycles. The number of nitrogens with zero attached hydrogens (tertiary/aromatic N) is 2. The van der Waals surface area contributed by atoms with E-state index in [1.165, 1.54) is 0 Å². The monoisotopic (exact) mass is 398 g/mol. The molecule has 5 nitrogen and oxygen atoms in total. The van der Waals surface area contributed by atoms with Crippen molar-refractivity contribution < 1.29 is 4.79 Å². The number of carbonyl (C=O) groups excluding carboxylic acids is 1. The van der Waals surface area contributed by atoms with E-state index in [9.17, 15) is 4.79 Å².